The van der Waals surface area contributed by atoms with Gasteiger partial charge < -0.3 is 9.80 Å². The van der Waals surface area contributed by atoms with Crippen LogP contribution >= 0.6 is 11.6 Å². The van der Waals surface area contributed by atoms with Crippen molar-refractivity contribution in [1.82, 2.24) is 0 Å². The molecule has 0 heterocycles. The molecule has 0 bridgehead atoms. The summed E-state index contributed by atoms with van der Waals surface area (Å²) in [5, 5.41) is 0.692. The number of rotatable bonds is 6. The van der Waals surface area contributed by atoms with Crippen molar-refractivity contribution < 1.29 is 0 Å². The summed E-state index contributed by atoms with van der Waals surface area (Å²) in [5.74, 6) is 0. The highest BCUT2D eigenvalue weighted by Crippen LogP contribution is 2.48. The minimum absolute atomic E-state index is 0.0126. The number of anilines is 6. The van der Waals surface area contributed by atoms with E-state index < -0.39 is 0 Å². The molecule has 5 aromatic carbocycles. The summed E-state index contributed by atoms with van der Waals surface area (Å²) in [5.41, 5.74) is 13.7. The minimum Gasteiger partial charge on any atom is -0.309 e. The molecule has 51 heavy (non-hydrogen) atoms. The highest BCUT2D eigenvalue weighted by atomic mass is 35.5. The normalized spacial score (nSPS) is 12.6. The van der Waals surface area contributed by atoms with E-state index in [0.29, 0.717) is 5.02 Å². The predicted molar refractivity (Wildman–Crippen MR) is 225 cm³/mol. The van der Waals surface area contributed by atoms with Crippen molar-refractivity contribution in [3.05, 3.63) is 142 Å². The molecule has 0 aromatic heterocycles. The first-order valence-corrected chi connectivity index (χ1v) is 18.8. The number of nitrogens with zero attached hydrogens (tertiary/aromatic N) is 2. The summed E-state index contributed by atoms with van der Waals surface area (Å²) in [4.78, 5) is 4.70. The predicted octanol–water partition coefficient (Wildman–Crippen LogP) is 15.1. The fourth-order valence-electron chi connectivity index (χ4n) is 6.58. The summed E-state index contributed by atoms with van der Waals surface area (Å²) in [6, 6.07) is 38.2. The zero-order valence-electron chi connectivity index (χ0n) is 33.6. The summed E-state index contributed by atoms with van der Waals surface area (Å²) >= 11 is 7.81. The summed E-state index contributed by atoms with van der Waals surface area (Å²) in [6.45, 7) is 31.7. The molecule has 0 aliphatic carbocycles. The molecule has 2 nitrogen and oxygen atoms in total. The number of hydrogen-bond acceptors (Lipinski definition) is 2. The van der Waals surface area contributed by atoms with Gasteiger partial charge in [-0.05, 0) is 130 Å². The smallest absolute Gasteiger partial charge is 0.0887 e. The Kier molecular flexibility index (Phi) is 10.4. The first-order chi connectivity index (χ1) is 23.5. The third-order valence-electron chi connectivity index (χ3n) is 9.75. The molecule has 0 spiro atoms. The maximum Gasteiger partial charge on any atom is 0.0887 e. The monoisotopic (exact) mass is 698 g/mol. The minimum atomic E-state index is -0.0177. The van der Waals surface area contributed by atoms with Gasteiger partial charge in [-0.1, -0.05) is 137 Å². The standard InChI is InChI=1S/C48H59ClN2/c1-32-24-36(47(9,10)11)30-40(26-32)50(38-20-15-18-34(28-38)45(3,4)5)42-22-17-23-43(44(42)49)51(39-21-16-19-35(29-39)46(6,7)8)41-27-33(2)25-37(31-41)48(12,13)14/h15-31H,1-14H3. The lowest BCUT2D eigenvalue weighted by Crippen LogP contribution is -2.18. The Morgan fingerprint density at radius 1 is 0.373 bits per heavy atom. The van der Waals surface area contributed by atoms with Crippen molar-refractivity contribution in [2.75, 3.05) is 9.80 Å². The van der Waals surface area contributed by atoms with Crippen molar-refractivity contribution in [1.29, 1.82) is 0 Å². The van der Waals surface area contributed by atoms with Gasteiger partial charge in [-0.15, -0.1) is 0 Å². The first-order valence-electron chi connectivity index (χ1n) is 18.4. The average molecular weight is 699 g/mol. The molecule has 0 atom stereocenters. The van der Waals surface area contributed by atoms with E-state index in [9.17, 15) is 0 Å². The van der Waals surface area contributed by atoms with Crippen molar-refractivity contribution in [3.8, 4) is 0 Å². The molecule has 0 saturated heterocycles. The van der Waals surface area contributed by atoms with Crippen LogP contribution in [0.4, 0.5) is 34.1 Å². The Bertz CT molecular complexity index is 1880. The van der Waals surface area contributed by atoms with Crippen LogP contribution in [0.25, 0.3) is 0 Å². The van der Waals surface area contributed by atoms with Gasteiger partial charge in [0.25, 0.3) is 0 Å². The van der Waals surface area contributed by atoms with Crippen LogP contribution in [0, 0.1) is 13.8 Å². The Labute approximate surface area is 314 Å². The largest absolute Gasteiger partial charge is 0.309 e. The second-order valence-corrected chi connectivity index (χ2v) is 18.9. The molecule has 0 saturated carbocycles. The van der Waals surface area contributed by atoms with Gasteiger partial charge in [0.05, 0.1) is 16.4 Å². The summed E-state index contributed by atoms with van der Waals surface area (Å²) < 4.78 is 0. The van der Waals surface area contributed by atoms with Crippen LogP contribution in [0.15, 0.2) is 103 Å². The van der Waals surface area contributed by atoms with Crippen molar-refractivity contribution in [2.45, 2.75) is 119 Å². The number of halogens is 1. The third-order valence-corrected chi connectivity index (χ3v) is 10.1. The topological polar surface area (TPSA) is 6.48 Å². The van der Waals surface area contributed by atoms with E-state index in [0.717, 1.165) is 34.1 Å². The fourth-order valence-corrected chi connectivity index (χ4v) is 6.88. The molecule has 0 unspecified atom stereocenters. The zero-order chi connectivity index (χ0) is 37.7. The molecule has 5 aromatic rings. The van der Waals surface area contributed by atoms with E-state index in [1.54, 1.807) is 0 Å². The van der Waals surface area contributed by atoms with E-state index in [1.807, 2.05) is 0 Å². The van der Waals surface area contributed by atoms with Gasteiger partial charge in [0, 0.05) is 22.7 Å². The van der Waals surface area contributed by atoms with Crippen LogP contribution in [-0.2, 0) is 21.7 Å². The quantitative estimate of drug-likeness (QED) is 0.174. The molecule has 5 rings (SSSR count). The molecule has 0 N–H and O–H groups in total. The number of benzene rings is 5. The van der Waals surface area contributed by atoms with Gasteiger partial charge in [-0.25, -0.2) is 0 Å². The van der Waals surface area contributed by atoms with Gasteiger partial charge in [0.2, 0.25) is 0 Å². The Hall–Kier alpha value is -4.01. The van der Waals surface area contributed by atoms with Crippen molar-refractivity contribution in [2.24, 2.45) is 0 Å². The van der Waals surface area contributed by atoms with Crippen LogP contribution in [0.2, 0.25) is 5.02 Å². The molecule has 0 aliphatic rings. The first kappa shape index (κ1) is 38.2. The Morgan fingerprint density at radius 2 is 0.686 bits per heavy atom. The van der Waals surface area contributed by atoms with Crippen LogP contribution in [0.5, 0.6) is 0 Å². The van der Waals surface area contributed by atoms with Crippen LogP contribution in [0.1, 0.15) is 116 Å². The maximum absolute atomic E-state index is 7.81. The van der Waals surface area contributed by atoms with Gasteiger partial charge in [0.1, 0.15) is 0 Å². The highest BCUT2D eigenvalue weighted by Gasteiger charge is 2.27. The Morgan fingerprint density at radius 3 is 1.02 bits per heavy atom. The fraction of sp³-hybridized carbons (Fsp3) is 0.375. The van der Waals surface area contributed by atoms with Crippen LogP contribution < -0.4 is 9.80 Å². The van der Waals surface area contributed by atoms with Crippen LogP contribution in [0.3, 0.4) is 0 Å². The van der Waals surface area contributed by atoms with Gasteiger partial charge in [-0.3, -0.25) is 0 Å². The molecule has 0 fully saturated rings. The summed E-state index contributed by atoms with van der Waals surface area (Å²) in [7, 11) is 0. The lowest BCUT2D eigenvalue weighted by atomic mass is 9.85. The van der Waals surface area contributed by atoms with E-state index >= 15 is 0 Å². The second kappa shape index (κ2) is 13.8. The zero-order valence-corrected chi connectivity index (χ0v) is 34.3. The molecular formula is C48H59ClN2. The molecule has 0 aliphatic heterocycles. The third kappa shape index (κ3) is 8.56. The van der Waals surface area contributed by atoms with Crippen molar-refractivity contribution >= 4 is 45.7 Å². The lowest BCUT2D eigenvalue weighted by molar-refractivity contribution is 0.589. The lowest BCUT2D eigenvalue weighted by Gasteiger charge is -2.33. The molecule has 0 radical (unpaired) electrons. The van der Waals surface area contributed by atoms with E-state index in [1.165, 1.54) is 33.4 Å². The van der Waals surface area contributed by atoms with E-state index in [-0.39, 0.29) is 21.7 Å². The van der Waals surface area contributed by atoms with Gasteiger partial charge >= 0.3 is 0 Å². The van der Waals surface area contributed by atoms with Gasteiger partial charge in [0.15, 0.2) is 0 Å². The Balaban J connectivity index is 1.84. The van der Waals surface area contributed by atoms with Crippen molar-refractivity contribution in [3.63, 3.8) is 0 Å². The maximum atomic E-state index is 7.81. The molecule has 268 valence electrons. The summed E-state index contributed by atoms with van der Waals surface area (Å²) in [6.07, 6.45) is 0. The molecule has 0 amide bonds. The molecule has 3 heteroatoms. The second-order valence-electron chi connectivity index (χ2n) is 18.5. The number of hydrogen-bond donors (Lipinski definition) is 0. The van der Waals surface area contributed by atoms with E-state index in [4.69, 9.17) is 11.6 Å². The van der Waals surface area contributed by atoms with Crippen LogP contribution in [-0.4, -0.2) is 0 Å². The average Bonchev–Trinajstić information content (AvgIpc) is 3.01. The SMILES string of the molecule is Cc1cc(N(c2cccc(C(C)(C)C)c2)c2cccc(N(c3cccc(C(C)(C)C)c3)c3cc(C)cc(C(C)(C)C)c3)c2Cl)cc(C(C)(C)C)c1. The van der Waals surface area contributed by atoms with Gasteiger partial charge in [-0.2, -0.15) is 0 Å². The molecular weight excluding hydrogens is 640 g/mol. The number of aryl methyl sites for hydroxylation is 2. The highest BCUT2D eigenvalue weighted by molar-refractivity contribution is 6.36. The van der Waals surface area contributed by atoms with E-state index in [2.05, 4.69) is 210 Å².